The monoisotopic (exact) mass is 206 g/mol. The molecule has 0 radical (unpaired) electrons. The van der Waals surface area contributed by atoms with Crippen LogP contribution in [0.2, 0.25) is 0 Å². The zero-order valence-electron chi connectivity index (χ0n) is 8.37. The Labute approximate surface area is 87.7 Å². The van der Waals surface area contributed by atoms with Crippen molar-refractivity contribution >= 4 is 11.4 Å². The van der Waals surface area contributed by atoms with E-state index >= 15 is 0 Å². The first-order chi connectivity index (χ1) is 7.35. The van der Waals surface area contributed by atoms with Gasteiger partial charge in [-0.05, 0) is 42.9 Å². The Hall–Kier alpha value is -1.06. The summed E-state index contributed by atoms with van der Waals surface area (Å²) in [5.41, 5.74) is 1.95. The third kappa shape index (κ3) is 0.703. The van der Waals surface area contributed by atoms with Crippen LogP contribution in [0.5, 0.6) is 0 Å². The van der Waals surface area contributed by atoms with Gasteiger partial charge in [0, 0.05) is 11.8 Å². The van der Waals surface area contributed by atoms with Crippen molar-refractivity contribution in [3.63, 3.8) is 0 Å². The molecule has 0 aromatic carbocycles. The first-order valence-corrected chi connectivity index (χ1v) is 5.76. The molecule has 0 saturated heterocycles. The SMILES string of the molecule is ON=C1C[C@@H]2[C@@H]3CC(=NO)[C@H]4[C@H]3C[C@H]2[C@H]14. The number of fused-ring (bicyclic) bond motifs is 2. The van der Waals surface area contributed by atoms with Crippen LogP contribution in [-0.4, -0.2) is 21.8 Å². The minimum Gasteiger partial charge on any atom is -0.411 e. The van der Waals surface area contributed by atoms with Crippen molar-refractivity contribution < 1.29 is 10.4 Å². The van der Waals surface area contributed by atoms with E-state index in [-0.39, 0.29) is 0 Å². The molecule has 4 heteroatoms. The van der Waals surface area contributed by atoms with E-state index < -0.39 is 0 Å². The van der Waals surface area contributed by atoms with Crippen molar-refractivity contribution in [2.75, 3.05) is 0 Å². The molecule has 4 aliphatic rings. The van der Waals surface area contributed by atoms with Crippen LogP contribution in [0.15, 0.2) is 10.3 Å². The molecular formula is C11H14N2O2. The van der Waals surface area contributed by atoms with Gasteiger partial charge in [0.15, 0.2) is 0 Å². The molecule has 2 N–H and O–H groups in total. The Morgan fingerprint density at radius 3 is 1.67 bits per heavy atom. The highest BCUT2D eigenvalue weighted by Gasteiger charge is 2.67. The number of nitrogens with zero attached hydrogens (tertiary/aromatic N) is 2. The Morgan fingerprint density at radius 2 is 1.27 bits per heavy atom. The van der Waals surface area contributed by atoms with Gasteiger partial charge in [-0.25, -0.2) is 0 Å². The number of oxime groups is 2. The van der Waals surface area contributed by atoms with E-state index in [0.717, 1.165) is 36.1 Å². The van der Waals surface area contributed by atoms with Crippen molar-refractivity contribution in [3.05, 3.63) is 0 Å². The lowest BCUT2D eigenvalue weighted by atomic mass is 9.79. The first-order valence-electron chi connectivity index (χ1n) is 5.76. The summed E-state index contributed by atoms with van der Waals surface area (Å²) in [5.74, 6) is 3.65. The summed E-state index contributed by atoms with van der Waals surface area (Å²) in [6.45, 7) is 0. The third-order valence-electron chi connectivity index (χ3n) is 5.42. The van der Waals surface area contributed by atoms with Gasteiger partial charge in [-0.3, -0.25) is 0 Å². The van der Waals surface area contributed by atoms with Gasteiger partial charge in [-0.1, -0.05) is 10.3 Å². The van der Waals surface area contributed by atoms with E-state index in [9.17, 15) is 0 Å². The summed E-state index contributed by atoms with van der Waals surface area (Å²) in [6.07, 6.45) is 3.24. The van der Waals surface area contributed by atoms with Crippen LogP contribution >= 0.6 is 0 Å². The van der Waals surface area contributed by atoms with Crippen LogP contribution in [0, 0.1) is 35.5 Å². The van der Waals surface area contributed by atoms with Crippen LogP contribution in [0.3, 0.4) is 0 Å². The summed E-state index contributed by atoms with van der Waals surface area (Å²) in [4.78, 5) is 0. The van der Waals surface area contributed by atoms with E-state index in [0.29, 0.717) is 23.7 Å². The Balaban J connectivity index is 1.87. The van der Waals surface area contributed by atoms with Crippen LogP contribution in [0.25, 0.3) is 0 Å². The highest BCUT2D eigenvalue weighted by molar-refractivity contribution is 6.00. The minimum atomic E-state index is 0.398. The molecule has 4 nitrogen and oxygen atoms in total. The van der Waals surface area contributed by atoms with E-state index in [1.165, 1.54) is 6.42 Å². The molecule has 0 aliphatic heterocycles. The van der Waals surface area contributed by atoms with Gasteiger partial charge >= 0.3 is 0 Å². The standard InChI is InChI=1S/C11H14N2O2/c14-12-8-2-4-5-3-9(13-15)11-7(5)1-6(4)10(8)11/h4-7,10-11,14-15H,1-3H2/t4-,5+,6-,7+,10-,11-/m1/s1. The average Bonchev–Trinajstić information content (AvgIpc) is 2.83. The Morgan fingerprint density at radius 1 is 0.800 bits per heavy atom. The molecule has 4 rings (SSSR count). The Kier molecular flexibility index (Phi) is 1.28. The number of hydrogen-bond acceptors (Lipinski definition) is 4. The Bertz CT molecular complexity index is 350. The average molecular weight is 206 g/mol. The topological polar surface area (TPSA) is 65.2 Å². The fraction of sp³-hybridized carbons (Fsp3) is 0.818. The summed E-state index contributed by atoms with van der Waals surface area (Å²) >= 11 is 0. The summed E-state index contributed by atoms with van der Waals surface area (Å²) in [7, 11) is 0. The molecule has 0 spiro atoms. The second-order valence-electron chi connectivity index (χ2n) is 5.53. The lowest BCUT2D eigenvalue weighted by Crippen LogP contribution is -2.26. The quantitative estimate of drug-likeness (QED) is 0.466. The number of rotatable bonds is 0. The molecule has 0 aromatic rings. The van der Waals surface area contributed by atoms with Gasteiger partial charge in [-0.15, -0.1) is 0 Å². The van der Waals surface area contributed by atoms with Gasteiger partial charge in [0.05, 0.1) is 11.4 Å². The van der Waals surface area contributed by atoms with Crippen molar-refractivity contribution in [3.8, 4) is 0 Å². The van der Waals surface area contributed by atoms with Crippen LogP contribution in [0.4, 0.5) is 0 Å². The zero-order chi connectivity index (χ0) is 10.2. The molecular weight excluding hydrogens is 192 g/mol. The largest absolute Gasteiger partial charge is 0.411 e. The minimum absolute atomic E-state index is 0.398. The predicted octanol–water partition coefficient (Wildman–Crippen LogP) is 1.57. The van der Waals surface area contributed by atoms with Gasteiger partial charge in [0.2, 0.25) is 0 Å². The molecule has 2 bridgehead atoms. The first kappa shape index (κ1) is 8.13. The van der Waals surface area contributed by atoms with E-state index in [4.69, 9.17) is 10.4 Å². The van der Waals surface area contributed by atoms with Crippen LogP contribution < -0.4 is 0 Å². The summed E-state index contributed by atoms with van der Waals surface area (Å²) in [5, 5.41) is 25.0. The highest BCUT2D eigenvalue weighted by Crippen LogP contribution is 2.68. The molecule has 0 unspecified atom stereocenters. The van der Waals surface area contributed by atoms with E-state index in [1.807, 2.05) is 0 Å². The third-order valence-corrected chi connectivity index (χ3v) is 5.42. The molecule has 4 fully saturated rings. The molecule has 0 aromatic heterocycles. The van der Waals surface area contributed by atoms with Crippen molar-refractivity contribution in [1.29, 1.82) is 0 Å². The lowest BCUT2D eigenvalue weighted by Gasteiger charge is -2.24. The second kappa shape index (κ2) is 2.36. The molecule has 0 amide bonds. The maximum Gasteiger partial charge on any atom is 0.0614 e. The molecule has 4 saturated carbocycles. The van der Waals surface area contributed by atoms with Gasteiger partial charge in [-0.2, -0.15) is 0 Å². The predicted molar refractivity (Wildman–Crippen MR) is 53.2 cm³/mol. The maximum absolute atomic E-state index is 9.02. The smallest absolute Gasteiger partial charge is 0.0614 e. The fourth-order valence-corrected chi connectivity index (χ4v) is 5.14. The molecule has 80 valence electrons. The van der Waals surface area contributed by atoms with E-state index in [2.05, 4.69) is 10.3 Å². The van der Waals surface area contributed by atoms with Crippen molar-refractivity contribution in [2.45, 2.75) is 19.3 Å². The zero-order valence-corrected chi connectivity index (χ0v) is 8.37. The normalized spacial score (nSPS) is 60.0. The summed E-state index contributed by atoms with van der Waals surface area (Å²) < 4.78 is 0. The number of hydrogen-bond donors (Lipinski definition) is 2. The van der Waals surface area contributed by atoms with Crippen LogP contribution in [-0.2, 0) is 0 Å². The molecule has 0 heterocycles. The molecule has 6 atom stereocenters. The maximum atomic E-state index is 9.02. The van der Waals surface area contributed by atoms with Crippen molar-refractivity contribution in [1.82, 2.24) is 0 Å². The molecule has 4 aliphatic carbocycles. The highest BCUT2D eigenvalue weighted by atomic mass is 16.4. The lowest BCUT2D eigenvalue weighted by molar-refractivity contribution is 0.240. The van der Waals surface area contributed by atoms with Crippen molar-refractivity contribution in [2.24, 2.45) is 45.8 Å². The fourth-order valence-electron chi connectivity index (χ4n) is 5.14. The second-order valence-corrected chi connectivity index (χ2v) is 5.53. The van der Waals surface area contributed by atoms with Gasteiger partial charge < -0.3 is 10.4 Å². The van der Waals surface area contributed by atoms with Gasteiger partial charge in [0.25, 0.3) is 0 Å². The molecule has 15 heavy (non-hydrogen) atoms. The van der Waals surface area contributed by atoms with E-state index in [1.54, 1.807) is 0 Å². The van der Waals surface area contributed by atoms with Crippen LogP contribution in [0.1, 0.15) is 19.3 Å². The summed E-state index contributed by atoms with van der Waals surface area (Å²) in [6, 6.07) is 0. The van der Waals surface area contributed by atoms with Gasteiger partial charge in [0.1, 0.15) is 0 Å².